The van der Waals surface area contributed by atoms with Crippen LogP contribution in [0.15, 0.2) is 30.3 Å². The summed E-state index contributed by atoms with van der Waals surface area (Å²) in [5, 5.41) is 0.973. The lowest BCUT2D eigenvalue weighted by Gasteiger charge is -2.36. The maximum absolute atomic E-state index is 12.8. The number of rotatable bonds is 2. The van der Waals surface area contributed by atoms with Gasteiger partial charge in [0, 0.05) is 56.1 Å². The summed E-state index contributed by atoms with van der Waals surface area (Å²) >= 11 is 0. The van der Waals surface area contributed by atoms with E-state index in [2.05, 4.69) is 4.98 Å². The molecule has 9 heteroatoms. The van der Waals surface area contributed by atoms with Crippen LogP contribution in [0.2, 0.25) is 0 Å². The minimum absolute atomic E-state index is 0.113. The van der Waals surface area contributed by atoms with Gasteiger partial charge < -0.3 is 25.4 Å². The molecule has 0 bridgehead atoms. The summed E-state index contributed by atoms with van der Waals surface area (Å²) in [6.45, 7) is 2.09. The fourth-order valence-electron chi connectivity index (χ4n) is 4.11. The lowest BCUT2D eigenvalue weighted by molar-refractivity contribution is -0.153. The van der Waals surface area contributed by atoms with E-state index in [1.807, 2.05) is 30.3 Å². The Morgan fingerprint density at radius 2 is 1.40 bits per heavy atom. The number of carbonyl (C=O) groups excluding carboxylic acids is 4. The van der Waals surface area contributed by atoms with Crippen molar-refractivity contribution in [2.75, 3.05) is 39.3 Å². The largest absolute Gasteiger partial charge is 0.369 e. The average Bonchev–Trinajstić information content (AvgIpc) is 3.22. The number of nitrogens with one attached hydrogen (secondary N) is 1. The summed E-state index contributed by atoms with van der Waals surface area (Å²) < 4.78 is 0. The van der Waals surface area contributed by atoms with Crippen LogP contribution in [0.4, 0.5) is 0 Å². The molecule has 3 heterocycles. The first kappa shape index (κ1) is 19.9. The third kappa shape index (κ3) is 3.87. The Hall–Kier alpha value is -3.36. The number of H-pyrrole nitrogens is 1. The van der Waals surface area contributed by atoms with Crippen molar-refractivity contribution in [1.29, 1.82) is 0 Å². The highest BCUT2D eigenvalue weighted by molar-refractivity contribution is 6.35. The summed E-state index contributed by atoms with van der Waals surface area (Å²) in [5.41, 5.74) is 6.74. The lowest BCUT2D eigenvalue weighted by atomic mass is 9.96. The molecule has 9 nitrogen and oxygen atoms in total. The zero-order chi connectivity index (χ0) is 21.3. The number of primary amides is 1. The van der Waals surface area contributed by atoms with Crippen molar-refractivity contribution in [2.45, 2.75) is 12.8 Å². The molecule has 0 spiro atoms. The topological polar surface area (TPSA) is 120 Å². The molecule has 4 amide bonds. The number of piperazine rings is 1. The number of hydrogen-bond donors (Lipinski definition) is 2. The molecule has 0 atom stereocenters. The van der Waals surface area contributed by atoms with Crippen molar-refractivity contribution < 1.29 is 19.2 Å². The molecule has 2 aliphatic heterocycles. The average molecular weight is 411 g/mol. The first-order valence-corrected chi connectivity index (χ1v) is 10.2. The number of aromatic nitrogens is 1. The standard InChI is InChI=1S/C21H25N5O4/c22-18(27)14-5-7-24(8-6-14)20(29)21(30)26-11-9-25(10-12-26)19(28)17-13-15-3-1-2-4-16(15)23-17/h1-4,13-14,23H,5-12H2,(H2,22,27). The molecule has 2 saturated heterocycles. The lowest BCUT2D eigenvalue weighted by Crippen LogP contribution is -2.55. The van der Waals surface area contributed by atoms with Crippen molar-refractivity contribution in [1.82, 2.24) is 19.7 Å². The molecule has 0 saturated carbocycles. The predicted molar refractivity (Wildman–Crippen MR) is 109 cm³/mol. The van der Waals surface area contributed by atoms with Gasteiger partial charge in [0.05, 0.1) is 0 Å². The number of carbonyl (C=O) groups is 4. The molecule has 1 aromatic heterocycles. The fourth-order valence-corrected chi connectivity index (χ4v) is 4.11. The van der Waals surface area contributed by atoms with Crippen molar-refractivity contribution in [3.8, 4) is 0 Å². The van der Waals surface area contributed by atoms with Gasteiger partial charge in [-0.25, -0.2) is 0 Å². The second kappa shape index (κ2) is 8.17. The maximum Gasteiger partial charge on any atom is 0.312 e. The molecule has 4 rings (SSSR count). The SMILES string of the molecule is NC(=O)C1CCN(C(=O)C(=O)N2CCN(C(=O)c3cc4ccccc4[nH]3)CC2)CC1. The van der Waals surface area contributed by atoms with E-state index in [0.29, 0.717) is 57.8 Å². The number of fused-ring (bicyclic) bond motifs is 1. The van der Waals surface area contributed by atoms with E-state index in [-0.39, 0.29) is 17.7 Å². The Kier molecular flexibility index (Phi) is 5.43. The number of piperidine rings is 1. The van der Waals surface area contributed by atoms with Gasteiger partial charge in [0.15, 0.2) is 0 Å². The molecular formula is C21H25N5O4. The number of aromatic amines is 1. The third-order valence-electron chi connectivity index (χ3n) is 5.98. The maximum atomic E-state index is 12.8. The molecule has 2 fully saturated rings. The minimum atomic E-state index is -0.551. The molecule has 30 heavy (non-hydrogen) atoms. The summed E-state index contributed by atoms with van der Waals surface area (Å²) in [6, 6.07) is 9.51. The molecule has 0 aliphatic carbocycles. The molecule has 0 unspecified atom stereocenters. The molecule has 0 radical (unpaired) electrons. The van der Waals surface area contributed by atoms with Crippen molar-refractivity contribution >= 4 is 34.5 Å². The Bertz CT molecular complexity index is 951. The molecule has 2 aliphatic rings. The van der Waals surface area contributed by atoms with Crippen LogP contribution in [0.1, 0.15) is 23.3 Å². The Morgan fingerprint density at radius 3 is 2.00 bits per heavy atom. The van der Waals surface area contributed by atoms with Crippen LogP contribution in [0.3, 0.4) is 0 Å². The van der Waals surface area contributed by atoms with Gasteiger partial charge in [-0.3, -0.25) is 19.2 Å². The van der Waals surface area contributed by atoms with Gasteiger partial charge in [0.1, 0.15) is 5.69 Å². The fraction of sp³-hybridized carbons (Fsp3) is 0.429. The van der Waals surface area contributed by atoms with Crippen molar-refractivity contribution in [3.05, 3.63) is 36.0 Å². The number of benzene rings is 1. The molecule has 3 N–H and O–H groups in total. The highest BCUT2D eigenvalue weighted by atomic mass is 16.2. The summed E-state index contributed by atoms with van der Waals surface area (Å²) in [6.07, 6.45) is 0.974. The first-order valence-electron chi connectivity index (χ1n) is 10.2. The highest BCUT2D eigenvalue weighted by Gasteiger charge is 2.33. The normalized spacial score (nSPS) is 17.9. The smallest absolute Gasteiger partial charge is 0.312 e. The van der Waals surface area contributed by atoms with Gasteiger partial charge in [-0.2, -0.15) is 0 Å². The van der Waals surface area contributed by atoms with E-state index in [1.165, 1.54) is 9.80 Å². The summed E-state index contributed by atoms with van der Waals surface area (Å²) in [5.74, 6) is -1.80. The number of likely N-dealkylation sites (tertiary alicyclic amines) is 1. The van der Waals surface area contributed by atoms with Gasteiger partial charge in [-0.1, -0.05) is 18.2 Å². The minimum Gasteiger partial charge on any atom is -0.369 e. The Balaban J connectivity index is 1.31. The molecule has 158 valence electrons. The van der Waals surface area contributed by atoms with E-state index in [0.717, 1.165) is 10.9 Å². The van der Waals surface area contributed by atoms with Crippen LogP contribution in [0, 0.1) is 5.92 Å². The Labute approximate surface area is 173 Å². The highest BCUT2D eigenvalue weighted by Crippen LogP contribution is 2.19. The number of para-hydroxylation sites is 1. The van der Waals surface area contributed by atoms with Crippen LogP contribution >= 0.6 is 0 Å². The zero-order valence-electron chi connectivity index (χ0n) is 16.7. The molecule has 2 aromatic rings. The van der Waals surface area contributed by atoms with E-state index in [9.17, 15) is 19.2 Å². The second-order valence-electron chi connectivity index (χ2n) is 7.82. The number of amides is 4. The van der Waals surface area contributed by atoms with E-state index >= 15 is 0 Å². The summed E-state index contributed by atoms with van der Waals surface area (Å²) in [7, 11) is 0. The van der Waals surface area contributed by atoms with Crippen molar-refractivity contribution in [2.24, 2.45) is 11.7 Å². The van der Waals surface area contributed by atoms with E-state index < -0.39 is 11.8 Å². The third-order valence-corrected chi connectivity index (χ3v) is 5.98. The Morgan fingerprint density at radius 1 is 0.833 bits per heavy atom. The monoisotopic (exact) mass is 411 g/mol. The van der Waals surface area contributed by atoms with Gasteiger partial charge in [0.2, 0.25) is 5.91 Å². The first-order chi connectivity index (χ1) is 14.4. The van der Waals surface area contributed by atoms with Crippen LogP contribution in [-0.4, -0.2) is 82.6 Å². The number of hydrogen-bond acceptors (Lipinski definition) is 4. The summed E-state index contributed by atoms with van der Waals surface area (Å²) in [4.78, 5) is 57.0. The zero-order valence-corrected chi connectivity index (χ0v) is 16.7. The predicted octanol–water partition coefficient (Wildman–Crippen LogP) is 0.176. The quantitative estimate of drug-likeness (QED) is 0.685. The number of nitrogens with two attached hydrogens (primary N) is 1. The second-order valence-corrected chi connectivity index (χ2v) is 7.82. The van der Waals surface area contributed by atoms with Crippen LogP contribution in [0.25, 0.3) is 10.9 Å². The van der Waals surface area contributed by atoms with Gasteiger partial charge in [-0.05, 0) is 25.0 Å². The van der Waals surface area contributed by atoms with Crippen LogP contribution in [-0.2, 0) is 14.4 Å². The molecule has 1 aromatic carbocycles. The van der Waals surface area contributed by atoms with Gasteiger partial charge in [0.25, 0.3) is 5.91 Å². The van der Waals surface area contributed by atoms with E-state index in [1.54, 1.807) is 4.90 Å². The number of nitrogens with zero attached hydrogens (tertiary/aromatic N) is 3. The van der Waals surface area contributed by atoms with Crippen molar-refractivity contribution in [3.63, 3.8) is 0 Å². The van der Waals surface area contributed by atoms with Crippen LogP contribution < -0.4 is 5.73 Å². The van der Waals surface area contributed by atoms with Gasteiger partial charge in [-0.15, -0.1) is 0 Å². The molecular weight excluding hydrogens is 386 g/mol. The van der Waals surface area contributed by atoms with Crippen LogP contribution in [0.5, 0.6) is 0 Å². The van der Waals surface area contributed by atoms with Gasteiger partial charge >= 0.3 is 11.8 Å². The van der Waals surface area contributed by atoms with E-state index in [4.69, 9.17) is 5.73 Å².